The lowest BCUT2D eigenvalue weighted by Gasteiger charge is -2.05. The zero-order valence-electron chi connectivity index (χ0n) is 15.1. The summed E-state index contributed by atoms with van der Waals surface area (Å²) in [7, 11) is 0. The molecule has 128 valence electrons. The summed E-state index contributed by atoms with van der Waals surface area (Å²) in [5.74, 6) is 0.745. The molecule has 4 heteroatoms. The van der Waals surface area contributed by atoms with Crippen molar-refractivity contribution >= 4 is 17.2 Å². The van der Waals surface area contributed by atoms with Gasteiger partial charge < -0.3 is 0 Å². The van der Waals surface area contributed by atoms with E-state index in [2.05, 4.69) is 49.2 Å². The third-order valence-corrected chi connectivity index (χ3v) is 4.45. The summed E-state index contributed by atoms with van der Waals surface area (Å²) >= 11 is 0. The lowest BCUT2D eigenvalue weighted by molar-refractivity contribution is 1.10. The third-order valence-electron chi connectivity index (χ3n) is 4.45. The smallest absolute Gasteiger partial charge is 0.187 e. The summed E-state index contributed by atoms with van der Waals surface area (Å²) in [6.07, 6.45) is 1.97. The Kier molecular flexibility index (Phi) is 4.09. The Balaban J connectivity index is 1.89. The Hall–Kier alpha value is -3.27. The number of benzene rings is 2. The predicted octanol–water partition coefficient (Wildman–Crippen LogP) is 6.34. The van der Waals surface area contributed by atoms with E-state index in [0.717, 1.165) is 28.4 Å². The normalized spacial score (nSPS) is 11.5. The van der Waals surface area contributed by atoms with Crippen LogP contribution in [0.15, 0.2) is 77.1 Å². The molecule has 0 atom stereocenters. The highest BCUT2D eigenvalue weighted by Gasteiger charge is 2.15. The van der Waals surface area contributed by atoms with Crippen LogP contribution in [0.1, 0.15) is 16.7 Å². The molecule has 0 unspecified atom stereocenters. The summed E-state index contributed by atoms with van der Waals surface area (Å²) in [4.78, 5) is 4.82. The second-order valence-electron chi connectivity index (χ2n) is 6.57. The average molecular weight is 340 g/mol. The van der Waals surface area contributed by atoms with Crippen molar-refractivity contribution in [3.05, 3.63) is 83.6 Å². The van der Waals surface area contributed by atoms with Gasteiger partial charge in [0, 0.05) is 11.8 Å². The molecular weight excluding hydrogens is 320 g/mol. The summed E-state index contributed by atoms with van der Waals surface area (Å²) in [5.41, 5.74) is 7.21. The van der Waals surface area contributed by atoms with Gasteiger partial charge in [-0.1, -0.05) is 41.5 Å². The molecule has 4 rings (SSSR count). The van der Waals surface area contributed by atoms with Crippen LogP contribution in [0.4, 0.5) is 11.5 Å². The molecule has 0 aliphatic carbocycles. The fraction of sp³-hybridized carbons (Fsp3) is 0.136. The number of nitrogens with zero attached hydrogens (tertiary/aromatic N) is 4. The molecule has 0 saturated heterocycles. The topological polar surface area (TPSA) is 42.0 Å². The van der Waals surface area contributed by atoms with E-state index in [1.54, 1.807) is 0 Å². The molecule has 0 saturated carbocycles. The molecule has 0 fully saturated rings. The van der Waals surface area contributed by atoms with E-state index in [-0.39, 0.29) is 0 Å². The number of azo groups is 1. The first kappa shape index (κ1) is 16.2. The van der Waals surface area contributed by atoms with Crippen LogP contribution in [0.2, 0.25) is 0 Å². The van der Waals surface area contributed by atoms with Crippen molar-refractivity contribution in [1.29, 1.82) is 0 Å². The maximum atomic E-state index is 4.82. The number of aromatic nitrogens is 2. The zero-order chi connectivity index (χ0) is 18.1. The van der Waals surface area contributed by atoms with Crippen molar-refractivity contribution in [3.63, 3.8) is 0 Å². The van der Waals surface area contributed by atoms with Crippen LogP contribution in [0, 0.1) is 20.8 Å². The van der Waals surface area contributed by atoms with Crippen LogP contribution >= 0.6 is 0 Å². The van der Waals surface area contributed by atoms with Gasteiger partial charge in [0.05, 0.1) is 5.69 Å². The van der Waals surface area contributed by atoms with Gasteiger partial charge in [0.1, 0.15) is 11.3 Å². The van der Waals surface area contributed by atoms with E-state index in [1.165, 1.54) is 16.7 Å². The Bertz CT molecular complexity index is 1100. The van der Waals surface area contributed by atoms with Gasteiger partial charge in [-0.25, -0.2) is 4.98 Å². The highest BCUT2D eigenvalue weighted by Crippen LogP contribution is 2.34. The first-order chi connectivity index (χ1) is 12.6. The molecule has 0 aliphatic heterocycles. The molecule has 4 nitrogen and oxygen atoms in total. The Morgan fingerprint density at radius 2 is 1.58 bits per heavy atom. The third kappa shape index (κ3) is 3.02. The van der Waals surface area contributed by atoms with Crippen LogP contribution in [0.3, 0.4) is 0 Å². The summed E-state index contributed by atoms with van der Waals surface area (Å²) in [6, 6.07) is 20.4. The summed E-state index contributed by atoms with van der Waals surface area (Å²) < 4.78 is 1.98. The highest BCUT2D eigenvalue weighted by molar-refractivity contribution is 5.77. The quantitative estimate of drug-likeness (QED) is 0.401. The fourth-order valence-corrected chi connectivity index (χ4v) is 2.97. The van der Waals surface area contributed by atoms with Crippen molar-refractivity contribution in [3.8, 4) is 11.3 Å². The van der Waals surface area contributed by atoms with Gasteiger partial charge in [-0.15, -0.1) is 10.2 Å². The van der Waals surface area contributed by atoms with Gasteiger partial charge in [0.15, 0.2) is 5.82 Å². The van der Waals surface area contributed by atoms with Gasteiger partial charge in [-0.2, -0.15) is 0 Å². The predicted molar refractivity (Wildman–Crippen MR) is 105 cm³/mol. The second kappa shape index (κ2) is 6.56. The van der Waals surface area contributed by atoms with Crippen molar-refractivity contribution in [2.75, 3.05) is 0 Å². The monoisotopic (exact) mass is 340 g/mol. The second-order valence-corrected chi connectivity index (χ2v) is 6.57. The molecule has 2 aromatic carbocycles. The molecular formula is C22H20N4. The van der Waals surface area contributed by atoms with Crippen LogP contribution < -0.4 is 0 Å². The maximum absolute atomic E-state index is 4.82. The number of hydrogen-bond acceptors (Lipinski definition) is 3. The van der Waals surface area contributed by atoms with Crippen molar-refractivity contribution in [2.45, 2.75) is 20.8 Å². The molecule has 0 bridgehead atoms. The molecule has 0 spiro atoms. The lowest BCUT2D eigenvalue weighted by atomic mass is 10.0. The molecule has 26 heavy (non-hydrogen) atoms. The van der Waals surface area contributed by atoms with Crippen LogP contribution in [0.25, 0.3) is 16.9 Å². The van der Waals surface area contributed by atoms with E-state index >= 15 is 0 Å². The number of fused-ring (bicyclic) bond motifs is 1. The van der Waals surface area contributed by atoms with Crippen molar-refractivity contribution in [2.24, 2.45) is 10.2 Å². The Labute approximate surface area is 152 Å². The SMILES string of the molecule is Cc1ccc(N=Nc2c(-c3cc(C)ccc3C)nc3ccccn23)cc1. The molecule has 0 radical (unpaired) electrons. The number of pyridine rings is 1. The van der Waals surface area contributed by atoms with E-state index in [1.807, 2.05) is 53.1 Å². The molecule has 0 N–H and O–H groups in total. The number of imidazole rings is 1. The molecule has 0 amide bonds. The molecule has 2 aromatic heterocycles. The van der Waals surface area contributed by atoms with E-state index in [9.17, 15) is 0 Å². The van der Waals surface area contributed by atoms with Gasteiger partial charge in [-0.05, 0) is 56.7 Å². The van der Waals surface area contributed by atoms with Crippen molar-refractivity contribution in [1.82, 2.24) is 9.38 Å². The van der Waals surface area contributed by atoms with Gasteiger partial charge >= 0.3 is 0 Å². The fourth-order valence-electron chi connectivity index (χ4n) is 2.97. The molecule has 0 aliphatic rings. The minimum Gasteiger partial charge on any atom is -0.283 e. The van der Waals surface area contributed by atoms with E-state index in [0.29, 0.717) is 0 Å². The van der Waals surface area contributed by atoms with Crippen LogP contribution in [-0.2, 0) is 0 Å². The maximum Gasteiger partial charge on any atom is 0.187 e. The largest absolute Gasteiger partial charge is 0.283 e. The van der Waals surface area contributed by atoms with E-state index in [4.69, 9.17) is 4.98 Å². The highest BCUT2D eigenvalue weighted by atomic mass is 15.2. The minimum absolute atomic E-state index is 0.745. The van der Waals surface area contributed by atoms with Gasteiger partial charge in [-0.3, -0.25) is 4.40 Å². The zero-order valence-corrected chi connectivity index (χ0v) is 15.1. The number of hydrogen-bond donors (Lipinski definition) is 0. The van der Waals surface area contributed by atoms with Crippen LogP contribution in [0.5, 0.6) is 0 Å². The lowest BCUT2D eigenvalue weighted by Crippen LogP contribution is -1.86. The van der Waals surface area contributed by atoms with Gasteiger partial charge in [0.25, 0.3) is 0 Å². The number of aryl methyl sites for hydroxylation is 3. The Morgan fingerprint density at radius 1 is 0.808 bits per heavy atom. The molecule has 2 heterocycles. The van der Waals surface area contributed by atoms with Gasteiger partial charge in [0.2, 0.25) is 0 Å². The van der Waals surface area contributed by atoms with Crippen LogP contribution in [-0.4, -0.2) is 9.38 Å². The van der Waals surface area contributed by atoms with Crippen molar-refractivity contribution < 1.29 is 0 Å². The number of rotatable bonds is 3. The Morgan fingerprint density at radius 3 is 2.38 bits per heavy atom. The first-order valence-corrected chi connectivity index (χ1v) is 8.65. The summed E-state index contributed by atoms with van der Waals surface area (Å²) in [6.45, 7) is 6.25. The summed E-state index contributed by atoms with van der Waals surface area (Å²) in [5, 5.41) is 9.01. The molecule has 4 aromatic rings. The first-order valence-electron chi connectivity index (χ1n) is 8.65. The van der Waals surface area contributed by atoms with E-state index < -0.39 is 0 Å². The minimum atomic E-state index is 0.745. The standard InChI is InChI=1S/C22H20N4/c1-15-8-11-18(12-9-15)24-25-22-21(19-14-16(2)7-10-17(19)3)23-20-6-4-5-13-26(20)22/h4-14H,1-3H3. The average Bonchev–Trinajstić information content (AvgIpc) is 3.02.